The molecule has 1 amide bonds. The topological polar surface area (TPSA) is 98.5 Å². The first kappa shape index (κ1) is 17.1. The smallest absolute Gasteiger partial charge is 0.251 e. The number of hydrogen-bond donors (Lipinski definition) is 2. The highest BCUT2D eigenvalue weighted by Crippen LogP contribution is 2.19. The lowest BCUT2D eigenvalue weighted by atomic mass is 10.2. The summed E-state index contributed by atoms with van der Waals surface area (Å²) in [5, 5.41) is 7.83. The number of nitrogens with one attached hydrogen (secondary N) is 1. The van der Waals surface area contributed by atoms with Gasteiger partial charge < -0.3 is 10.1 Å². The molecule has 0 saturated heterocycles. The van der Waals surface area contributed by atoms with E-state index < -0.39 is 10.0 Å². The Labute approximate surface area is 126 Å². The van der Waals surface area contributed by atoms with Gasteiger partial charge in [0.2, 0.25) is 10.0 Å². The summed E-state index contributed by atoms with van der Waals surface area (Å²) < 4.78 is 28.1. The fourth-order valence-corrected chi connectivity index (χ4v) is 2.76. The quantitative estimate of drug-likeness (QED) is 0.793. The second-order valence-electron chi connectivity index (χ2n) is 4.38. The molecule has 0 aliphatic rings. The molecule has 0 fully saturated rings. The number of benzene rings is 1. The summed E-state index contributed by atoms with van der Waals surface area (Å²) in [4.78, 5) is 11.9. The Morgan fingerprint density at radius 2 is 2.10 bits per heavy atom. The van der Waals surface area contributed by atoms with E-state index in [1.54, 1.807) is 7.11 Å². The summed E-state index contributed by atoms with van der Waals surface area (Å²) in [6.45, 7) is 2.37. The summed E-state index contributed by atoms with van der Waals surface area (Å²) in [5.74, 6) is -0.361. The highest BCUT2D eigenvalue weighted by Gasteiger charge is 2.15. The van der Waals surface area contributed by atoms with Crippen molar-refractivity contribution in [3.05, 3.63) is 28.2 Å². The van der Waals surface area contributed by atoms with Gasteiger partial charge in [0.05, 0.1) is 4.90 Å². The number of rotatable bonds is 6. The molecule has 0 saturated carbocycles. The SMILES string of the molecule is COCCC(C)NC(=O)c1cc(Br)cc(S(N)(=O)=O)c1. The summed E-state index contributed by atoms with van der Waals surface area (Å²) in [7, 11) is -2.27. The van der Waals surface area contributed by atoms with Crippen LogP contribution >= 0.6 is 15.9 Å². The van der Waals surface area contributed by atoms with Crippen LogP contribution in [-0.4, -0.2) is 34.1 Å². The van der Waals surface area contributed by atoms with Crippen LogP contribution in [0, 0.1) is 0 Å². The molecule has 0 heterocycles. The van der Waals surface area contributed by atoms with E-state index in [-0.39, 0.29) is 22.4 Å². The van der Waals surface area contributed by atoms with Crippen molar-refractivity contribution < 1.29 is 17.9 Å². The molecule has 0 radical (unpaired) electrons. The van der Waals surface area contributed by atoms with Crippen LogP contribution in [0.4, 0.5) is 0 Å². The number of methoxy groups -OCH3 is 1. The third-order valence-corrected chi connectivity index (χ3v) is 3.95. The van der Waals surface area contributed by atoms with Crippen molar-refractivity contribution in [2.45, 2.75) is 24.3 Å². The van der Waals surface area contributed by atoms with E-state index in [9.17, 15) is 13.2 Å². The summed E-state index contributed by atoms with van der Waals surface area (Å²) in [5.41, 5.74) is 0.229. The highest BCUT2D eigenvalue weighted by molar-refractivity contribution is 9.10. The maximum atomic E-state index is 12.0. The number of halogens is 1. The largest absolute Gasteiger partial charge is 0.385 e. The van der Waals surface area contributed by atoms with Gasteiger partial charge in [0.1, 0.15) is 0 Å². The molecule has 6 nitrogen and oxygen atoms in total. The molecule has 112 valence electrons. The molecule has 1 rings (SSSR count). The lowest BCUT2D eigenvalue weighted by molar-refractivity contribution is 0.0929. The highest BCUT2D eigenvalue weighted by atomic mass is 79.9. The molecule has 8 heteroatoms. The van der Waals surface area contributed by atoms with Crippen LogP contribution in [0.25, 0.3) is 0 Å². The fourth-order valence-electron chi connectivity index (χ4n) is 1.53. The number of ether oxygens (including phenoxy) is 1. The van der Waals surface area contributed by atoms with Gasteiger partial charge in [-0.3, -0.25) is 4.79 Å². The van der Waals surface area contributed by atoms with E-state index >= 15 is 0 Å². The number of hydrogen-bond acceptors (Lipinski definition) is 4. The fraction of sp³-hybridized carbons (Fsp3) is 0.417. The molecule has 1 aromatic rings. The number of amides is 1. The second kappa shape index (κ2) is 7.16. The monoisotopic (exact) mass is 364 g/mol. The first-order chi connectivity index (χ1) is 9.24. The van der Waals surface area contributed by atoms with Gasteiger partial charge in [-0.1, -0.05) is 15.9 Å². The van der Waals surface area contributed by atoms with Crippen molar-refractivity contribution in [1.82, 2.24) is 5.32 Å². The Kier molecular flexibility index (Phi) is 6.12. The molecule has 3 N–H and O–H groups in total. The Bertz CT molecular complexity index is 589. The second-order valence-corrected chi connectivity index (χ2v) is 6.85. The zero-order valence-corrected chi connectivity index (χ0v) is 13.6. The number of sulfonamides is 1. The van der Waals surface area contributed by atoms with Crippen LogP contribution in [0.15, 0.2) is 27.6 Å². The van der Waals surface area contributed by atoms with E-state index in [1.807, 2.05) is 6.92 Å². The maximum absolute atomic E-state index is 12.0. The Morgan fingerprint density at radius 1 is 1.45 bits per heavy atom. The van der Waals surface area contributed by atoms with Crippen molar-refractivity contribution in [3.8, 4) is 0 Å². The van der Waals surface area contributed by atoms with Crippen molar-refractivity contribution in [1.29, 1.82) is 0 Å². The van der Waals surface area contributed by atoms with Gasteiger partial charge in [0.25, 0.3) is 5.91 Å². The third kappa shape index (κ3) is 5.20. The van der Waals surface area contributed by atoms with Crippen LogP contribution in [0.1, 0.15) is 23.7 Å². The van der Waals surface area contributed by atoms with E-state index in [4.69, 9.17) is 9.88 Å². The molecule has 1 unspecified atom stereocenters. The normalized spacial score (nSPS) is 13.0. The third-order valence-electron chi connectivity index (χ3n) is 2.59. The van der Waals surface area contributed by atoms with E-state index in [0.717, 1.165) is 0 Å². The van der Waals surface area contributed by atoms with Gasteiger partial charge in [-0.05, 0) is 31.5 Å². The minimum absolute atomic E-state index is 0.0839. The minimum Gasteiger partial charge on any atom is -0.385 e. The lowest BCUT2D eigenvalue weighted by Gasteiger charge is -2.14. The van der Waals surface area contributed by atoms with Crippen LogP contribution in [-0.2, 0) is 14.8 Å². The van der Waals surface area contributed by atoms with Gasteiger partial charge in [0, 0.05) is 29.8 Å². The zero-order valence-electron chi connectivity index (χ0n) is 11.2. The summed E-state index contributed by atoms with van der Waals surface area (Å²) in [6.07, 6.45) is 0.665. The molecular weight excluding hydrogens is 348 g/mol. The molecule has 20 heavy (non-hydrogen) atoms. The van der Waals surface area contributed by atoms with Crippen molar-refractivity contribution in [2.24, 2.45) is 5.14 Å². The standard InChI is InChI=1S/C12H17BrN2O4S/c1-8(3-4-19-2)15-12(16)9-5-10(13)7-11(6-9)20(14,17)18/h5-8H,3-4H2,1-2H3,(H,15,16)(H2,14,17,18). The van der Waals surface area contributed by atoms with Crippen LogP contribution < -0.4 is 10.5 Å². The van der Waals surface area contributed by atoms with Gasteiger partial charge in [0.15, 0.2) is 0 Å². The van der Waals surface area contributed by atoms with Crippen molar-refractivity contribution >= 4 is 31.9 Å². The molecular formula is C12H17BrN2O4S. The number of primary sulfonamides is 1. The maximum Gasteiger partial charge on any atom is 0.251 e. The van der Waals surface area contributed by atoms with Gasteiger partial charge in [-0.2, -0.15) is 0 Å². The lowest BCUT2D eigenvalue weighted by Crippen LogP contribution is -2.33. The molecule has 0 spiro atoms. The Hall–Kier alpha value is -0.960. The predicted octanol–water partition coefficient (Wildman–Crippen LogP) is 1.25. The average molecular weight is 365 g/mol. The average Bonchev–Trinajstić information content (AvgIpc) is 2.34. The van der Waals surface area contributed by atoms with Gasteiger partial charge >= 0.3 is 0 Å². The summed E-state index contributed by atoms with van der Waals surface area (Å²) in [6, 6.07) is 4.05. The van der Waals surface area contributed by atoms with Crippen LogP contribution in [0.3, 0.4) is 0 Å². The first-order valence-corrected chi connectivity index (χ1v) is 8.21. The minimum atomic E-state index is -3.85. The van der Waals surface area contributed by atoms with E-state index in [2.05, 4.69) is 21.2 Å². The zero-order chi connectivity index (χ0) is 15.3. The molecule has 0 aliphatic carbocycles. The first-order valence-electron chi connectivity index (χ1n) is 5.87. The number of carbonyl (C=O) groups is 1. The Balaban J connectivity index is 2.91. The summed E-state index contributed by atoms with van der Waals surface area (Å²) >= 11 is 3.16. The van der Waals surface area contributed by atoms with Crippen LogP contribution in [0.2, 0.25) is 0 Å². The van der Waals surface area contributed by atoms with E-state index in [0.29, 0.717) is 17.5 Å². The van der Waals surface area contributed by atoms with E-state index in [1.165, 1.54) is 18.2 Å². The molecule has 1 aromatic carbocycles. The van der Waals surface area contributed by atoms with Crippen molar-refractivity contribution in [2.75, 3.05) is 13.7 Å². The van der Waals surface area contributed by atoms with Gasteiger partial charge in [-0.15, -0.1) is 0 Å². The molecule has 0 aromatic heterocycles. The van der Waals surface area contributed by atoms with Gasteiger partial charge in [-0.25, -0.2) is 13.6 Å². The molecule has 0 bridgehead atoms. The number of nitrogens with two attached hydrogens (primary N) is 1. The Morgan fingerprint density at radius 3 is 2.65 bits per heavy atom. The van der Waals surface area contributed by atoms with Crippen molar-refractivity contribution in [3.63, 3.8) is 0 Å². The molecule has 0 aliphatic heterocycles. The number of carbonyl (C=O) groups excluding carboxylic acids is 1. The molecule has 1 atom stereocenters. The van der Waals surface area contributed by atoms with Crippen LogP contribution in [0.5, 0.6) is 0 Å². The predicted molar refractivity (Wildman–Crippen MR) is 78.9 cm³/mol.